The minimum absolute atomic E-state index is 0.00890. The van der Waals surface area contributed by atoms with Crippen LogP contribution in [0.25, 0.3) is 0 Å². The molecule has 4 nitrogen and oxygen atoms in total. The van der Waals surface area contributed by atoms with Crippen molar-refractivity contribution in [1.29, 1.82) is 0 Å². The Balaban J connectivity index is 2.03. The van der Waals surface area contributed by atoms with Crippen LogP contribution in [0.1, 0.15) is 15.9 Å². The molecule has 0 aliphatic carbocycles. The molecule has 0 aliphatic rings. The maximum Gasteiger partial charge on any atom is 0.344 e. The number of aromatic amines is 1. The molecule has 0 spiro atoms. The van der Waals surface area contributed by atoms with E-state index in [1.165, 1.54) is 12.3 Å². The van der Waals surface area contributed by atoms with E-state index in [4.69, 9.17) is 4.74 Å². The summed E-state index contributed by atoms with van der Waals surface area (Å²) in [6.07, 6.45) is 1.47. The topological polar surface area (TPSA) is 59.2 Å². The van der Waals surface area contributed by atoms with Crippen LogP contribution in [-0.4, -0.2) is 11.0 Å². The van der Waals surface area contributed by atoms with Crippen LogP contribution in [0.4, 0.5) is 0 Å². The fraction of sp³-hybridized carbons (Fsp3) is 0.0769. The Labute approximate surface area is 112 Å². The SMILES string of the molecule is O=C(OCc1ccc(Br)cc1)c1ccc[nH]c1=O. The van der Waals surface area contributed by atoms with E-state index in [2.05, 4.69) is 20.9 Å². The largest absolute Gasteiger partial charge is 0.457 e. The van der Waals surface area contributed by atoms with E-state index in [1.807, 2.05) is 24.3 Å². The highest BCUT2D eigenvalue weighted by Crippen LogP contribution is 2.11. The highest BCUT2D eigenvalue weighted by molar-refractivity contribution is 9.10. The van der Waals surface area contributed by atoms with Gasteiger partial charge in [0.05, 0.1) is 0 Å². The first kappa shape index (κ1) is 12.6. The summed E-state index contributed by atoms with van der Waals surface area (Å²) >= 11 is 3.32. The number of nitrogens with one attached hydrogen (secondary N) is 1. The number of pyridine rings is 1. The summed E-state index contributed by atoms with van der Waals surface area (Å²) in [4.78, 5) is 25.4. The fourth-order valence-corrected chi connectivity index (χ4v) is 1.65. The first-order valence-electron chi connectivity index (χ1n) is 5.26. The van der Waals surface area contributed by atoms with Gasteiger partial charge in [-0.3, -0.25) is 4.79 Å². The van der Waals surface area contributed by atoms with Crippen molar-refractivity contribution in [3.05, 3.63) is 68.5 Å². The third kappa shape index (κ3) is 3.07. The standard InChI is InChI=1S/C13H10BrNO3/c14-10-5-3-9(4-6-10)8-18-13(17)11-2-1-7-15-12(11)16/h1-7H,8H2,(H,15,16). The molecule has 0 unspecified atom stereocenters. The zero-order chi connectivity index (χ0) is 13.0. The highest BCUT2D eigenvalue weighted by Gasteiger charge is 2.10. The van der Waals surface area contributed by atoms with Gasteiger partial charge < -0.3 is 9.72 Å². The number of rotatable bonds is 3. The van der Waals surface area contributed by atoms with Gasteiger partial charge in [-0.2, -0.15) is 0 Å². The molecule has 18 heavy (non-hydrogen) atoms. The van der Waals surface area contributed by atoms with Gasteiger partial charge in [-0.05, 0) is 29.8 Å². The van der Waals surface area contributed by atoms with E-state index in [9.17, 15) is 9.59 Å². The lowest BCUT2D eigenvalue weighted by molar-refractivity contribution is 0.0470. The van der Waals surface area contributed by atoms with Gasteiger partial charge >= 0.3 is 5.97 Å². The summed E-state index contributed by atoms with van der Waals surface area (Å²) in [5.41, 5.74) is 0.423. The molecule has 2 aromatic rings. The minimum atomic E-state index is -0.625. The summed E-state index contributed by atoms with van der Waals surface area (Å²) < 4.78 is 6.02. The average molecular weight is 308 g/mol. The van der Waals surface area contributed by atoms with E-state index in [1.54, 1.807) is 6.07 Å². The van der Waals surface area contributed by atoms with Crippen molar-refractivity contribution in [3.63, 3.8) is 0 Å². The summed E-state index contributed by atoms with van der Waals surface area (Å²) in [5, 5.41) is 0. The number of esters is 1. The zero-order valence-electron chi connectivity index (χ0n) is 9.35. The molecule has 5 heteroatoms. The van der Waals surface area contributed by atoms with E-state index < -0.39 is 11.5 Å². The van der Waals surface area contributed by atoms with Gasteiger partial charge in [-0.25, -0.2) is 4.79 Å². The molecule has 0 radical (unpaired) electrons. The number of benzene rings is 1. The number of carbonyl (C=O) groups is 1. The lowest BCUT2D eigenvalue weighted by atomic mass is 10.2. The number of aromatic nitrogens is 1. The van der Waals surface area contributed by atoms with E-state index in [0.29, 0.717) is 0 Å². The predicted octanol–water partition coefficient (Wildman–Crippen LogP) is 2.49. The van der Waals surface area contributed by atoms with Gasteiger partial charge in [-0.1, -0.05) is 28.1 Å². The summed E-state index contributed by atoms with van der Waals surface area (Å²) in [6, 6.07) is 10.4. The second-order valence-electron chi connectivity index (χ2n) is 3.62. The number of halogens is 1. The van der Waals surface area contributed by atoms with E-state index >= 15 is 0 Å². The smallest absolute Gasteiger partial charge is 0.344 e. The molecular weight excluding hydrogens is 298 g/mol. The quantitative estimate of drug-likeness (QED) is 0.886. The molecule has 1 heterocycles. The Morgan fingerprint density at radius 2 is 1.94 bits per heavy atom. The molecule has 92 valence electrons. The molecule has 1 N–H and O–H groups in total. The fourth-order valence-electron chi connectivity index (χ4n) is 1.39. The summed E-state index contributed by atoms with van der Waals surface area (Å²) in [7, 11) is 0. The van der Waals surface area contributed by atoms with Crippen LogP contribution in [0.3, 0.4) is 0 Å². The average Bonchev–Trinajstić information content (AvgIpc) is 2.38. The van der Waals surface area contributed by atoms with Gasteiger partial charge in [0, 0.05) is 10.7 Å². The first-order chi connectivity index (χ1) is 8.66. The Morgan fingerprint density at radius 1 is 1.22 bits per heavy atom. The molecular formula is C13H10BrNO3. The van der Waals surface area contributed by atoms with Gasteiger partial charge in [0.25, 0.3) is 5.56 Å². The number of carbonyl (C=O) groups excluding carboxylic acids is 1. The second-order valence-corrected chi connectivity index (χ2v) is 4.53. The Morgan fingerprint density at radius 3 is 2.61 bits per heavy atom. The number of hydrogen-bond donors (Lipinski definition) is 1. The van der Waals surface area contributed by atoms with E-state index in [-0.39, 0.29) is 12.2 Å². The van der Waals surface area contributed by atoms with Crippen LogP contribution in [0.15, 0.2) is 51.9 Å². The molecule has 1 aromatic carbocycles. The third-order valence-corrected chi connectivity index (χ3v) is 2.85. The number of hydrogen-bond acceptors (Lipinski definition) is 3. The van der Waals surface area contributed by atoms with Crippen molar-refractivity contribution >= 4 is 21.9 Å². The van der Waals surface area contributed by atoms with Crippen LogP contribution in [0, 0.1) is 0 Å². The van der Waals surface area contributed by atoms with Crippen molar-refractivity contribution in [1.82, 2.24) is 4.98 Å². The first-order valence-corrected chi connectivity index (χ1v) is 6.05. The summed E-state index contributed by atoms with van der Waals surface area (Å²) in [6.45, 7) is 0.139. The van der Waals surface area contributed by atoms with Gasteiger partial charge in [0.2, 0.25) is 0 Å². The normalized spacial score (nSPS) is 10.1. The molecule has 0 bridgehead atoms. The maximum absolute atomic E-state index is 11.7. The predicted molar refractivity (Wildman–Crippen MR) is 70.3 cm³/mol. The molecule has 0 fully saturated rings. The van der Waals surface area contributed by atoms with E-state index in [0.717, 1.165) is 10.0 Å². The Hall–Kier alpha value is -1.88. The molecule has 1 aromatic heterocycles. The minimum Gasteiger partial charge on any atom is -0.457 e. The van der Waals surface area contributed by atoms with Crippen molar-refractivity contribution in [2.24, 2.45) is 0 Å². The zero-order valence-corrected chi connectivity index (χ0v) is 10.9. The molecule has 2 rings (SSSR count). The van der Waals surface area contributed by atoms with Crippen LogP contribution >= 0.6 is 15.9 Å². The van der Waals surface area contributed by atoms with Crippen molar-refractivity contribution in [2.75, 3.05) is 0 Å². The van der Waals surface area contributed by atoms with Crippen LogP contribution in [0.2, 0.25) is 0 Å². The number of H-pyrrole nitrogens is 1. The van der Waals surface area contributed by atoms with Crippen LogP contribution in [0.5, 0.6) is 0 Å². The highest BCUT2D eigenvalue weighted by atomic mass is 79.9. The lowest BCUT2D eigenvalue weighted by Crippen LogP contribution is -2.18. The molecule has 0 saturated carbocycles. The van der Waals surface area contributed by atoms with Crippen LogP contribution < -0.4 is 5.56 Å². The molecule has 0 aliphatic heterocycles. The maximum atomic E-state index is 11.7. The van der Waals surface area contributed by atoms with Gasteiger partial charge in [0.15, 0.2) is 0 Å². The molecule has 0 saturated heterocycles. The van der Waals surface area contributed by atoms with Crippen molar-refractivity contribution < 1.29 is 9.53 Å². The van der Waals surface area contributed by atoms with Crippen LogP contribution in [-0.2, 0) is 11.3 Å². The summed E-state index contributed by atoms with van der Waals surface area (Å²) in [5.74, 6) is -0.625. The Bertz CT molecular complexity index is 604. The van der Waals surface area contributed by atoms with Gasteiger partial charge in [0.1, 0.15) is 12.2 Å². The lowest BCUT2D eigenvalue weighted by Gasteiger charge is -2.04. The van der Waals surface area contributed by atoms with Crippen molar-refractivity contribution in [3.8, 4) is 0 Å². The second kappa shape index (κ2) is 5.64. The third-order valence-electron chi connectivity index (χ3n) is 2.32. The molecule has 0 atom stereocenters. The Kier molecular flexibility index (Phi) is 3.94. The molecule has 0 amide bonds. The number of ether oxygens (including phenoxy) is 1. The van der Waals surface area contributed by atoms with Gasteiger partial charge in [-0.15, -0.1) is 0 Å². The monoisotopic (exact) mass is 307 g/mol. The van der Waals surface area contributed by atoms with Crippen molar-refractivity contribution in [2.45, 2.75) is 6.61 Å².